The van der Waals surface area contributed by atoms with Crippen LogP contribution in [-0.2, 0) is 13.1 Å². The first-order valence-electron chi connectivity index (χ1n) is 7.86. The van der Waals surface area contributed by atoms with Crippen LogP contribution in [0.4, 0.5) is 0 Å². The fourth-order valence-corrected chi connectivity index (χ4v) is 4.38. The molecular weight excluding hydrogens is 292 g/mol. The fourth-order valence-electron chi connectivity index (χ4n) is 3.10. The minimum absolute atomic E-state index is 0.464. The Morgan fingerprint density at radius 1 is 1.32 bits per heavy atom. The minimum atomic E-state index is 0.464. The predicted octanol–water partition coefficient (Wildman–Crippen LogP) is 3.44. The third-order valence-corrected chi connectivity index (χ3v) is 5.38. The van der Waals surface area contributed by atoms with Crippen molar-refractivity contribution in [2.24, 2.45) is 0 Å². The average molecular weight is 316 g/mol. The summed E-state index contributed by atoms with van der Waals surface area (Å²) in [6, 6.07) is 10.9. The summed E-state index contributed by atoms with van der Waals surface area (Å²) < 4.78 is 5.28. The molecule has 4 heteroatoms. The van der Waals surface area contributed by atoms with E-state index in [0.29, 0.717) is 5.92 Å². The molecule has 0 fully saturated rings. The van der Waals surface area contributed by atoms with Gasteiger partial charge in [-0.2, -0.15) is 0 Å². The Morgan fingerprint density at radius 3 is 2.77 bits per heavy atom. The topological polar surface area (TPSA) is 24.5 Å². The average Bonchev–Trinajstić information content (AvgIpc) is 2.95. The molecule has 0 radical (unpaired) electrons. The lowest BCUT2D eigenvalue weighted by atomic mass is 9.88. The molecule has 3 rings (SSSR count). The number of ether oxygens (including phenoxy) is 1. The van der Waals surface area contributed by atoms with Gasteiger partial charge in [-0.1, -0.05) is 19.1 Å². The lowest BCUT2D eigenvalue weighted by Gasteiger charge is -2.30. The van der Waals surface area contributed by atoms with Crippen molar-refractivity contribution in [1.82, 2.24) is 10.2 Å². The molecule has 0 saturated carbocycles. The second-order valence-electron chi connectivity index (χ2n) is 5.89. The zero-order chi connectivity index (χ0) is 15.5. The van der Waals surface area contributed by atoms with Crippen LogP contribution in [-0.4, -0.2) is 32.1 Å². The van der Waals surface area contributed by atoms with E-state index in [9.17, 15) is 0 Å². The summed E-state index contributed by atoms with van der Waals surface area (Å²) in [5.41, 5.74) is 2.89. The smallest absolute Gasteiger partial charge is 0.118 e. The maximum absolute atomic E-state index is 5.28. The molecule has 1 unspecified atom stereocenters. The Kier molecular flexibility index (Phi) is 4.81. The summed E-state index contributed by atoms with van der Waals surface area (Å²) in [5, 5.41) is 3.43. The molecule has 3 nitrogen and oxygen atoms in total. The Bertz CT molecular complexity index is 621. The number of benzene rings is 1. The van der Waals surface area contributed by atoms with Crippen molar-refractivity contribution in [3.63, 3.8) is 0 Å². The number of hydrogen-bond acceptors (Lipinski definition) is 4. The quantitative estimate of drug-likeness (QED) is 0.914. The number of fused-ring (bicyclic) bond motifs is 1. The number of nitrogens with zero attached hydrogens (tertiary/aromatic N) is 1. The zero-order valence-corrected chi connectivity index (χ0v) is 14.4. The van der Waals surface area contributed by atoms with Crippen LogP contribution in [0.1, 0.15) is 33.7 Å². The number of rotatable bonds is 5. The Balaban J connectivity index is 1.90. The third-order valence-electron chi connectivity index (χ3n) is 4.24. The number of likely N-dealkylation sites (N-methyl/N-ethyl adjacent to an activating group) is 1. The molecular formula is C18H24N2OS. The lowest BCUT2D eigenvalue weighted by molar-refractivity contribution is 0.299. The molecule has 1 aliphatic heterocycles. The highest BCUT2D eigenvalue weighted by molar-refractivity contribution is 7.12. The molecule has 118 valence electrons. The van der Waals surface area contributed by atoms with E-state index in [4.69, 9.17) is 4.74 Å². The third kappa shape index (κ3) is 3.19. The van der Waals surface area contributed by atoms with E-state index in [-0.39, 0.29) is 0 Å². The van der Waals surface area contributed by atoms with Crippen LogP contribution in [0, 0.1) is 0 Å². The van der Waals surface area contributed by atoms with Gasteiger partial charge in [0, 0.05) is 35.3 Å². The number of thiophene rings is 1. The maximum Gasteiger partial charge on any atom is 0.118 e. The molecule has 1 aromatic carbocycles. The van der Waals surface area contributed by atoms with Gasteiger partial charge in [-0.25, -0.2) is 0 Å². The molecule has 0 saturated heterocycles. The summed E-state index contributed by atoms with van der Waals surface area (Å²) in [7, 11) is 3.93. The number of hydrogen-bond donors (Lipinski definition) is 1. The van der Waals surface area contributed by atoms with Gasteiger partial charge < -0.3 is 15.0 Å². The van der Waals surface area contributed by atoms with Gasteiger partial charge in [0.25, 0.3) is 0 Å². The monoisotopic (exact) mass is 316 g/mol. The van der Waals surface area contributed by atoms with Crippen molar-refractivity contribution in [2.45, 2.75) is 25.9 Å². The largest absolute Gasteiger partial charge is 0.497 e. The van der Waals surface area contributed by atoms with Crippen LogP contribution in [0.3, 0.4) is 0 Å². The van der Waals surface area contributed by atoms with Gasteiger partial charge >= 0.3 is 0 Å². The van der Waals surface area contributed by atoms with Gasteiger partial charge in [-0.15, -0.1) is 11.3 Å². The molecule has 1 aliphatic rings. The first-order chi connectivity index (χ1) is 10.7. The molecule has 22 heavy (non-hydrogen) atoms. The van der Waals surface area contributed by atoms with Gasteiger partial charge in [0.1, 0.15) is 5.75 Å². The SMILES string of the molecule is CCNCc1cc2c(s1)CN(C)CC2c1ccc(OC)cc1. The fraction of sp³-hybridized carbons (Fsp3) is 0.444. The van der Waals surface area contributed by atoms with E-state index in [1.807, 2.05) is 11.3 Å². The van der Waals surface area contributed by atoms with Crippen molar-refractivity contribution in [1.29, 1.82) is 0 Å². The molecule has 2 heterocycles. The summed E-state index contributed by atoms with van der Waals surface area (Å²) in [6.07, 6.45) is 0. The molecule has 0 spiro atoms. The molecule has 2 aromatic rings. The van der Waals surface area contributed by atoms with Crippen LogP contribution < -0.4 is 10.1 Å². The second-order valence-corrected chi connectivity index (χ2v) is 7.12. The van der Waals surface area contributed by atoms with Gasteiger partial charge in [-0.05, 0) is 42.9 Å². The first kappa shape index (κ1) is 15.5. The van der Waals surface area contributed by atoms with Crippen LogP contribution in [0.25, 0.3) is 0 Å². The maximum atomic E-state index is 5.28. The molecule has 0 bridgehead atoms. The van der Waals surface area contributed by atoms with Crippen molar-refractivity contribution >= 4 is 11.3 Å². The number of methoxy groups -OCH3 is 1. The highest BCUT2D eigenvalue weighted by atomic mass is 32.1. The van der Waals surface area contributed by atoms with Gasteiger partial charge in [-0.3, -0.25) is 0 Å². The second kappa shape index (κ2) is 6.82. The Hall–Kier alpha value is -1.36. The molecule has 0 aliphatic carbocycles. The lowest BCUT2D eigenvalue weighted by Crippen LogP contribution is -2.29. The van der Waals surface area contributed by atoms with Crippen molar-refractivity contribution in [3.05, 3.63) is 51.2 Å². The highest BCUT2D eigenvalue weighted by Crippen LogP contribution is 2.38. The molecule has 1 N–H and O–H groups in total. The summed E-state index contributed by atoms with van der Waals surface area (Å²) >= 11 is 1.96. The molecule has 1 aromatic heterocycles. The summed E-state index contributed by atoms with van der Waals surface area (Å²) in [6.45, 7) is 6.30. The summed E-state index contributed by atoms with van der Waals surface area (Å²) in [5.74, 6) is 1.39. The van der Waals surface area contributed by atoms with Crippen LogP contribution >= 0.6 is 11.3 Å². The van der Waals surface area contributed by atoms with Crippen LogP contribution in [0.2, 0.25) is 0 Å². The van der Waals surface area contributed by atoms with Crippen molar-refractivity contribution in [3.8, 4) is 5.75 Å². The normalized spacial score (nSPS) is 18.2. The van der Waals surface area contributed by atoms with Crippen molar-refractivity contribution in [2.75, 3.05) is 27.2 Å². The predicted molar refractivity (Wildman–Crippen MR) is 92.9 cm³/mol. The van der Waals surface area contributed by atoms with Gasteiger partial charge in [0.2, 0.25) is 0 Å². The van der Waals surface area contributed by atoms with E-state index in [0.717, 1.165) is 31.9 Å². The van der Waals surface area contributed by atoms with Gasteiger partial charge in [0.15, 0.2) is 0 Å². The number of nitrogens with one attached hydrogen (secondary N) is 1. The first-order valence-corrected chi connectivity index (χ1v) is 8.67. The van der Waals surface area contributed by atoms with Crippen LogP contribution in [0.15, 0.2) is 30.3 Å². The van der Waals surface area contributed by atoms with E-state index in [1.54, 1.807) is 7.11 Å². The van der Waals surface area contributed by atoms with Crippen LogP contribution in [0.5, 0.6) is 5.75 Å². The molecule has 0 amide bonds. The van der Waals surface area contributed by atoms with Gasteiger partial charge in [0.05, 0.1) is 7.11 Å². The minimum Gasteiger partial charge on any atom is -0.497 e. The Morgan fingerprint density at radius 2 is 2.09 bits per heavy atom. The highest BCUT2D eigenvalue weighted by Gasteiger charge is 2.27. The van der Waals surface area contributed by atoms with E-state index < -0.39 is 0 Å². The van der Waals surface area contributed by atoms with E-state index in [2.05, 4.69) is 54.5 Å². The molecule has 1 atom stereocenters. The zero-order valence-electron chi connectivity index (χ0n) is 13.6. The summed E-state index contributed by atoms with van der Waals surface area (Å²) in [4.78, 5) is 5.38. The van der Waals surface area contributed by atoms with E-state index >= 15 is 0 Å². The standard InChI is InChI=1S/C18H24N2OS/c1-4-19-10-15-9-16-17(11-20(2)12-18(16)22-15)13-5-7-14(21-3)8-6-13/h5-9,17,19H,4,10-12H2,1-3H3. The Labute approximate surface area is 136 Å². The van der Waals surface area contributed by atoms with E-state index in [1.165, 1.54) is 20.9 Å². The van der Waals surface area contributed by atoms with Crippen molar-refractivity contribution < 1.29 is 4.74 Å².